The monoisotopic (exact) mass is 576 g/mol. The van der Waals surface area contributed by atoms with Crippen molar-refractivity contribution in [2.24, 2.45) is 0 Å². The molecule has 0 aliphatic rings. The summed E-state index contributed by atoms with van der Waals surface area (Å²) in [6, 6.07) is 0. The van der Waals surface area contributed by atoms with Crippen molar-refractivity contribution in [1.29, 1.82) is 0 Å². The molecule has 0 aliphatic heterocycles. The van der Waals surface area contributed by atoms with Crippen LogP contribution < -0.4 is 0 Å². The van der Waals surface area contributed by atoms with Crippen LogP contribution >= 0.6 is 0 Å². The summed E-state index contributed by atoms with van der Waals surface area (Å²) in [4.78, 5) is 49.5. The molecule has 0 aromatic heterocycles. The molecule has 0 saturated heterocycles. The Labute approximate surface area is 162 Å². The second-order valence-corrected chi connectivity index (χ2v) is 1.34. The van der Waals surface area contributed by atoms with E-state index < -0.39 is 30.5 Å². The minimum Gasteiger partial charge on any atom is -0.356 e. The Balaban J connectivity index is -0.0000000245. The Kier molecular flexibility index (Phi) is 81.7. The fourth-order valence-corrected chi connectivity index (χ4v) is 0. The van der Waals surface area contributed by atoms with Crippen LogP contribution in [0.2, 0.25) is 0 Å². The molecular formula is N6O18Ru2. The molecular weight excluding hydrogens is 574 g/mol. The number of hydrogen-bond acceptors (Lipinski definition) is 18. The Morgan fingerprint density at radius 3 is 0.269 bits per heavy atom. The van der Waals surface area contributed by atoms with Gasteiger partial charge < -0.3 is 91.9 Å². The van der Waals surface area contributed by atoms with Crippen LogP contribution in [0.15, 0.2) is 0 Å². The third-order valence-corrected chi connectivity index (χ3v) is 0. The van der Waals surface area contributed by atoms with Gasteiger partial charge in [-0.25, -0.2) is 0 Å². The third-order valence-electron chi connectivity index (χ3n) is 0. The van der Waals surface area contributed by atoms with Gasteiger partial charge in [-0.05, 0) is 0 Å². The maximum Gasteiger partial charge on any atom is 3.00 e. The average molecular weight is 574 g/mol. The van der Waals surface area contributed by atoms with Gasteiger partial charge in [-0.2, -0.15) is 0 Å². The predicted octanol–water partition coefficient (Wildman–Crippen LogP) is -1.44. The smallest absolute Gasteiger partial charge is 0.356 e. The van der Waals surface area contributed by atoms with Crippen LogP contribution in [0.1, 0.15) is 0 Å². The van der Waals surface area contributed by atoms with Crippen molar-refractivity contribution in [1.82, 2.24) is 0 Å². The summed E-state index contributed by atoms with van der Waals surface area (Å²) >= 11 is 0. The van der Waals surface area contributed by atoms with Gasteiger partial charge in [-0.15, -0.1) is 0 Å². The molecule has 26 heteroatoms. The maximum atomic E-state index is 8.25. The van der Waals surface area contributed by atoms with Crippen LogP contribution in [-0.2, 0) is 39.0 Å². The largest absolute Gasteiger partial charge is 3.00 e. The Bertz CT molecular complexity index is 261. The average Bonchev–Trinajstić information content (AvgIpc) is 2.08. The zero-order valence-corrected chi connectivity index (χ0v) is 14.2. The van der Waals surface area contributed by atoms with Crippen molar-refractivity contribution < 1.29 is 69.5 Å². The van der Waals surface area contributed by atoms with E-state index >= 15 is 0 Å². The van der Waals surface area contributed by atoms with Gasteiger partial charge in [0.05, 0.1) is 30.5 Å². The molecule has 0 aliphatic carbocycles. The normalized spacial score (nSPS) is 5.54. The fraction of sp³-hybridized carbons (Fsp3) is 0. The van der Waals surface area contributed by atoms with Crippen molar-refractivity contribution in [3.05, 3.63) is 91.9 Å². The first-order chi connectivity index (χ1) is 10.4. The summed E-state index contributed by atoms with van der Waals surface area (Å²) in [5.41, 5.74) is 0. The Morgan fingerprint density at radius 2 is 0.269 bits per heavy atom. The van der Waals surface area contributed by atoms with Crippen LogP contribution in [0, 0.1) is 91.9 Å². The molecule has 0 spiro atoms. The van der Waals surface area contributed by atoms with Gasteiger partial charge in [0.15, 0.2) is 0 Å². The number of hydrogen-bond donors (Lipinski definition) is 0. The fourth-order valence-electron chi connectivity index (χ4n) is 0. The second-order valence-electron chi connectivity index (χ2n) is 1.34. The van der Waals surface area contributed by atoms with Gasteiger partial charge in [-0.3, -0.25) is 0 Å². The molecule has 0 N–H and O–H groups in total. The van der Waals surface area contributed by atoms with Crippen molar-refractivity contribution in [2.45, 2.75) is 0 Å². The van der Waals surface area contributed by atoms with Crippen LogP contribution in [0.5, 0.6) is 0 Å². The van der Waals surface area contributed by atoms with Gasteiger partial charge in [0.2, 0.25) is 0 Å². The number of nitrogens with zero attached hydrogens (tertiary/aromatic N) is 6. The van der Waals surface area contributed by atoms with E-state index in [9.17, 15) is 0 Å². The van der Waals surface area contributed by atoms with Crippen LogP contribution in [0.4, 0.5) is 0 Å². The van der Waals surface area contributed by atoms with E-state index in [0.717, 1.165) is 0 Å². The molecule has 0 heterocycles. The van der Waals surface area contributed by atoms with Crippen LogP contribution in [0.25, 0.3) is 0 Å². The summed E-state index contributed by atoms with van der Waals surface area (Å²) in [6.45, 7) is 0. The zero-order valence-electron chi connectivity index (χ0n) is 10.7. The predicted molar refractivity (Wildman–Crippen MR) is 62.2 cm³/mol. The molecule has 0 atom stereocenters. The van der Waals surface area contributed by atoms with Crippen molar-refractivity contribution >= 4 is 0 Å². The summed E-state index contributed by atoms with van der Waals surface area (Å²) < 4.78 is 0. The van der Waals surface area contributed by atoms with E-state index in [1.165, 1.54) is 0 Å². The van der Waals surface area contributed by atoms with Gasteiger partial charge in [0, 0.05) is 0 Å². The maximum absolute atomic E-state index is 8.25. The first-order valence-electron chi connectivity index (χ1n) is 3.29. The molecule has 0 bridgehead atoms. The minimum absolute atomic E-state index is 0. The summed E-state index contributed by atoms with van der Waals surface area (Å²) in [5, 5.41) is 88.5. The first-order valence-corrected chi connectivity index (χ1v) is 3.29. The van der Waals surface area contributed by atoms with Crippen LogP contribution in [-0.4, -0.2) is 30.5 Å². The molecule has 0 fully saturated rings. The molecule has 24 nitrogen and oxygen atoms in total. The summed E-state index contributed by atoms with van der Waals surface area (Å²) in [6.07, 6.45) is 0. The third kappa shape index (κ3) is 612. The first kappa shape index (κ1) is 49.5. The zero-order chi connectivity index (χ0) is 21.5. The van der Waals surface area contributed by atoms with E-state index in [4.69, 9.17) is 91.9 Å². The Hall–Kier alpha value is -3.55. The summed E-state index contributed by atoms with van der Waals surface area (Å²) in [7, 11) is 0. The van der Waals surface area contributed by atoms with Gasteiger partial charge in [0.1, 0.15) is 0 Å². The van der Waals surface area contributed by atoms with E-state index in [-0.39, 0.29) is 39.0 Å². The molecule has 154 valence electrons. The number of rotatable bonds is 0. The van der Waals surface area contributed by atoms with Gasteiger partial charge >= 0.3 is 39.0 Å². The van der Waals surface area contributed by atoms with E-state index in [2.05, 4.69) is 0 Å². The standard InChI is InChI=1S/6NO3.2Ru/c6*2-1(3)4;;/q6*-1;2*+3. The molecule has 0 amide bonds. The van der Waals surface area contributed by atoms with Gasteiger partial charge in [-0.1, -0.05) is 0 Å². The van der Waals surface area contributed by atoms with E-state index in [1.807, 2.05) is 0 Å². The minimum atomic E-state index is -1.75. The molecule has 0 rings (SSSR count). The van der Waals surface area contributed by atoms with Crippen LogP contribution in [0.3, 0.4) is 0 Å². The Morgan fingerprint density at radius 1 is 0.269 bits per heavy atom. The van der Waals surface area contributed by atoms with E-state index in [0.29, 0.717) is 0 Å². The molecule has 0 saturated carbocycles. The van der Waals surface area contributed by atoms with Crippen molar-refractivity contribution in [3.8, 4) is 0 Å². The molecule has 26 heavy (non-hydrogen) atoms. The quantitative estimate of drug-likeness (QED) is 0.181. The van der Waals surface area contributed by atoms with Gasteiger partial charge in [0.25, 0.3) is 0 Å². The van der Waals surface area contributed by atoms with E-state index in [1.54, 1.807) is 0 Å². The van der Waals surface area contributed by atoms with Crippen molar-refractivity contribution in [3.63, 3.8) is 0 Å². The molecule has 0 unspecified atom stereocenters. The molecule has 2 radical (unpaired) electrons. The van der Waals surface area contributed by atoms with Crippen molar-refractivity contribution in [2.75, 3.05) is 0 Å². The molecule has 0 aromatic carbocycles. The SMILES string of the molecule is O=[N+]([O-])[O-].O=[N+]([O-])[O-].O=[N+]([O-])[O-].O=[N+]([O-])[O-].O=[N+]([O-])[O-].O=[N+]([O-])[O-].[Ru+3].[Ru+3]. The second kappa shape index (κ2) is 43.0. The topological polar surface area (TPSA) is 397 Å². The molecule has 0 aromatic rings. The summed E-state index contributed by atoms with van der Waals surface area (Å²) in [5.74, 6) is 0.